The standard InChI is InChI=1S/C13H21ClN2O2S/c1-3-13(2)4-6-16(7-5-13)19(17,18)12-8-11(9-14)15-10-12/h8,10,15H,3-7,9H2,1-2H3. The maximum Gasteiger partial charge on any atom is 0.244 e. The Kier molecular flexibility index (Phi) is 4.28. The van der Waals surface area contributed by atoms with Crippen LogP contribution in [0.15, 0.2) is 17.2 Å². The molecule has 1 saturated heterocycles. The highest BCUT2D eigenvalue weighted by Gasteiger charge is 2.34. The monoisotopic (exact) mass is 304 g/mol. The van der Waals surface area contributed by atoms with Gasteiger partial charge >= 0.3 is 0 Å². The Bertz CT molecular complexity index is 531. The molecule has 0 unspecified atom stereocenters. The van der Waals surface area contributed by atoms with Gasteiger partial charge in [-0.15, -0.1) is 11.6 Å². The van der Waals surface area contributed by atoms with Gasteiger partial charge in [-0.25, -0.2) is 8.42 Å². The number of sulfonamides is 1. The molecule has 0 atom stereocenters. The summed E-state index contributed by atoms with van der Waals surface area (Å²) in [6, 6.07) is 1.62. The molecule has 1 aliphatic heterocycles. The number of alkyl halides is 1. The normalized spacial score (nSPS) is 20.6. The first-order valence-electron chi connectivity index (χ1n) is 6.65. The summed E-state index contributed by atoms with van der Waals surface area (Å²) in [6.07, 6.45) is 4.48. The van der Waals surface area contributed by atoms with Crippen LogP contribution >= 0.6 is 11.6 Å². The first kappa shape index (κ1) is 14.9. The van der Waals surface area contributed by atoms with Crippen molar-refractivity contribution in [2.24, 2.45) is 5.41 Å². The second-order valence-electron chi connectivity index (χ2n) is 5.56. The molecule has 0 bridgehead atoms. The molecule has 1 aliphatic rings. The molecule has 1 aromatic heterocycles. The van der Waals surface area contributed by atoms with Gasteiger partial charge in [0.25, 0.3) is 0 Å². The average Bonchev–Trinajstić information content (AvgIpc) is 2.89. The highest BCUT2D eigenvalue weighted by molar-refractivity contribution is 7.89. The quantitative estimate of drug-likeness (QED) is 0.870. The smallest absolute Gasteiger partial charge is 0.244 e. The number of H-pyrrole nitrogens is 1. The van der Waals surface area contributed by atoms with Crippen LogP contribution in [-0.2, 0) is 15.9 Å². The van der Waals surface area contributed by atoms with Crippen molar-refractivity contribution in [1.82, 2.24) is 9.29 Å². The lowest BCUT2D eigenvalue weighted by Gasteiger charge is -2.38. The largest absolute Gasteiger partial charge is 0.363 e. The molecule has 1 N–H and O–H groups in total. The van der Waals surface area contributed by atoms with Crippen molar-refractivity contribution in [2.45, 2.75) is 43.9 Å². The van der Waals surface area contributed by atoms with Gasteiger partial charge in [-0.1, -0.05) is 20.3 Å². The zero-order valence-electron chi connectivity index (χ0n) is 11.4. The number of aromatic nitrogens is 1. The van der Waals surface area contributed by atoms with Crippen LogP contribution in [0.5, 0.6) is 0 Å². The molecule has 0 radical (unpaired) electrons. The lowest BCUT2D eigenvalue weighted by atomic mass is 9.79. The zero-order chi connectivity index (χ0) is 14.1. The van der Waals surface area contributed by atoms with Gasteiger partial charge in [0.05, 0.1) is 10.8 Å². The highest BCUT2D eigenvalue weighted by Crippen LogP contribution is 2.35. The van der Waals surface area contributed by atoms with Gasteiger partial charge in [0.2, 0.25) is 10.0 Å². The lowest BCUT2D eigenvalue weighted by Crippen LogP contribution is -2.41. The first-order chi connectivity index (χ1) is 8.91. The van der Waals surface area contributed by atoms with E-state index in [-0.39, 0.29) is 5.41 Å². The minimum atomic E-state index is -3.37. The number of rotatable bonds is 4. The van der Waals surface area contributed by atoms with Gasteiger partial charge in [0.1, 0.15) is 0 Å². The summed E-state index contributed by atoms with van der Waals surface area (Å²) in [7, 11) is -3.37. The van der Waals surface area contributed by atoms with Gasteiger partial charge in [0, 0.05) is 25.0 Å². The number of halogens is 1. The molecule has 0 spiro atoms. The number of hydrogen-bond acceptors (Lipinski definition) is 2. The second-order valence-corrected chi connectivity index (χ2v) is 7.77. The molecule has 108 valence electrons. The molecule has 0 aromatic carbocycles. The minimum Gasteiger partial charge on any atom is -0.363 e. The van der Waals surface area contributed by atoms with Crippen molar-refractivity contribution in [1.29, 1.82) is 0 Å². The molecule has 1 aromatic rings. The molecule has 19 heavy (non-hydrogen) atoms. The molecule has 1 fully saturated rings. The number of hydrogen-bond donors (Lipinski definition) is 1. The van der Waals surface area contributed by atoms with Gasteiger partial charge in [-0.3, -0.25) is 0 Å². The Morgan fingerprint density at radius 3 is 2.53 bits per heavy atom. The predicted octanol–water partition coefficient (Wildman–Crippen LogP) is 2.95. The molecular weight excluding hydrogens is 284 g/mol. The fourth-order valence-electron chi connectivity index (χ4n) is 2.41. The van der Waals surface area contributed by atoms with E-state index in [2.05, 4.69) is 18.8 Å². The van der Waals surface area contributed by atoms with Crippen molar-refractivity contribution in [3.63, 3.8) is 0 Å². The molecule has 0 amide bonds. The van der Waals surface area contributed by atoms with E-state index >= 15 is 0 Å². The van der Waals surface area contributed by atoms with E-state index in [9.17, 15) is 8.42 Å². The van der Waals surface area contributed by atoms with E-state index in [0.29, 0.717) is 23.9 Å². The number of nitrogens with zero attached hydrogens (tertiary/aromatic N) is 1. The molecular formula is C13H21ClN2O2S. The van der Waals surface area contributed by atoms with Crippen LogP contribution in [-0.4, -0.2) is 30.8 Å². The van der Waals surface area contributed by atoms with E-state index in [4.69, 9.17) is 11.6 Å². The molecule has 6 heteroatoms. The summed E-state index contributed by atoms with van der Waals surface area (Å²) in [4.78, 5) is 3.21. The van der Waals surface area contributed by atoms with Crippen molar-refractivity contribution >= 4 is 21.6 Å². The van der Waals surface area contributed by atoms with Crippen molar-refractivity contribution in [2.75, 3.05) is 13.1 Å². The average molecular weight is 305 g/mol. The maximum atomic E-state index is 12.5. The molecule has 2 rings (SSSR count). The van der Waals surface area contributed by atoms with Crippen LogP contribution in [0.25, 0.3) is 0 Å². The number of piperidine rings is 1. The zero-order valence-corrected chi connectivity index (χ0v) is 13.0. The maximum absolute atomic E-state index is 12.5. The van der Waals surface area contributed by atoms with Gasteiger partial charge < -0.3 is 4.98 Å². The summed E-state index contributed by atoms with van der Waals surface area (Å²) >= 11 is 5.69. The van der Waals surface area contributed by atoms with Crippen molar-refractivity contribution in [3.05, 3.63) is 18.0 Å². The molecule has 4 nitrogen and oxygen atoms in total. The van der Waals surface area contributed by atoms with Crippen LogP contribution in [0.4, 0.5) is 0 Å². The summed E-state index contributed by atoms with van der Waals surface area (Å²) < 4.78 is 26.5. The van der Waals surface area contributed by atoms with Crippen molar-refractivity contribution in [3.8, 4) is 0 Å². The Labute approximate surface area is 120 Å². The summed E-state index contributed by atoms with van der Waals surface area (Å²) in [5, 5.41) is 0. The third-order valence-electron chi connectivity index (χ3n) is 4.28. The van der Waals surface area contributed by atoms with Crippen molar-refractivity contribution < 1.29 is 8.42 Å². The fourth-order valence-corrected chi connectivity index (χ4v) is 4.03. The van der Waals surface area contributed by atoms with E-state index in [0.717, 1.165) is 25.0 Å². The topological polar surface area (TPSA) is 53.2 Å². The van der Waals surface area contributed by atoms with Crippen LogP contribution in [0.3, 0.4) is 0 Å². The molecule has 0 aliphatic carbocycles. The Hall–Kier alpha value is -0.520. The fraction of sp³-hybridized carbons (Fsp3) is 0.692. The van der Waals surface area contributed by atoms with Gasteiger partial charge in [-0.05, 0) is 24.3 Å². The number of nitrogens with one attached hydrogen (secondary N) is 1. The van der Waals surface area contributed by atoms with Crippen LogP contribution in [0.2, 0.25) is 0 Å². The van der Waals surface area contributed by atoms with Gasteiger partial charge in [-0.2, -0.15) is 4.31 Å². The third-order valence-corrected chi connectivity index (χ3v) is 6.45. The predicted molar refractivity (Wildman–Crippen MR) is 76.7 cm³/mol. The van der Waals surface area contributed by atoms with E-state index < -0.39 is 10.0 Å². The van der Waals surface area contributed by atoms with Gasteiger partial charge in [0.15, 0.2) is 0 Å². The molecule has 2 heterocycles. The third kappa shape index (κ3) is 2.98. The van der Waals surface area contributed by atoms with Crippen LogP contribution in [0.1, 0.15) is 38.8 Å². The Morgan fingerprint density at radius 1 is 1.42 bits per heavy atom. The SMILES string of the molecule is CCC1(C)CCN(S(=O)(=O)c2c[nH]c(CCl)c2)CC1. The molecule has 0 saturated carbocycles. The van der Waals surface area contributed by atoms with E-state index in [1.807, 2.05) is 0 Å². The minimum absolute atomic E-state index is 0.283. The van der Waals surface area contributed by atoms with Crippen LogP contribution in [0, 0.1) is 5.41 Å². The lowest BCUT2D eigenvalue weighted by molar-refractivity contribution is 0.169. The Balaban J connectivity index is 2.14. The highest BCUT2D eigenvalue weighted by atomic mass is 35.5. The van der Waals surface area contributed by atoms with E-state index in [1.54, 1.807) is 10.4 Å². The summed E-state index contributed by atoms with van der Waals surface area (Å²) in [5.74, 6) is 0.295. The first-order valence-corrected chi connectivity index (χ1v) is 8.62. The van der Waals surface area contributed by atoms with E-state index in [1.165, 1.54) is 6.20 Å². The summed E-state index contributed by atoms with van der Waals surface area (Å²) in [5.41, 5.74) is 1.02. The second kappa shape index (κ2) is 5.46. The van der Waals surface area contributed by atoms with Crippen LogP contribution < -0.4 is 0 Å². The summed E-state index contributed by atoms with van der Waals surface area (Å²) in [6.45, 7) is 5.62. The Morgan fingerprint density at radius 2 is 2.05 bits per heavy atom. The number of aromatic amines is 1.